The van der Waals surface area contributed by atoms with Crippen molar-refractivity contribution >= 4 is 20.0 Å². The number of hydrogen-bond donors (Lipinski definition) is 0. The van der Waals surface area contributed by atoms with Gasteiger partial charge in [-0.05, 0) is 19.3 Å². The Morgan fingerprint density at radius 3 is 2.42 bits per heavy atom. The standard InChI is InChI=1S/C10H18O6S2.Na/c1-3-5-8(17(2,11)12)10-9(18(13,14)15)6-4-7-16-10;/h3,8-10H,1,4-7H2,2H3,(H,13,14,15);/q;+1/p-1/t8-,9+,10+;/m1./s1. The molecule has 0 aliphatic carbocycles. The van der Waals surface area contributed by atoms with Gasteiger partial charge in [0.2, 0.25) is 0 Å². The average molecular weight is 320 g/mol. The van der Waals surface area contributed by atoms with E-state index in [1.54, 1.807) is 0 Å². The molecule has 19 heavy (non-hydrogen) atoms. The van der Waals surface area contributed by atoms with E-state index in [0.29, 0.717) is 6.42 Å². The number of ether oxygens (including phenoxy) is 1. The summed E-state index contributed by atoms with van der Waals surface area (Å²) in [5.74, 6) is 0. The van der Waals surface area contributed by atoms with Crippen LogP contribution in [0.3, 0.4) is 0 Å². The molecule has 0 aromatic rings. The summed E-state index contributed by atoms with van der Waals surface area (Å²) >= 11 is 0. The number of rotatable bonds is 5. The van der Waals surface area contributed by atoms with Crippen molar-refractivity contribution in [3.63, 3.8) is 0 Å². The van der Waals surface area contributed by atoms with Crippen molar-refractivity contribution in [1.29, 1.82) is 0 Å². The fourth-order valence-corrected chi connectivity index (χ4v) is 4.54. The van der Waals surface area contributed by atoms with Gasteiger partial charge in [-0.2, -0.15) is 0 Å². The molecule has 6 nitrogen and oxygen atoms in total. The second kappa shape index (κ2) is 7.53. The molecule has 0 N–H and O–H groups in total. The molecule has 0 aromatic carbocycles. The second-order valence-electron chi connectivity index (χ2n) is 4.40. The van der Waals surface area contributed by atoms with Crippen LogP contribution in [0.2, 0.25) is 0 Å². The molecule has 1 rings (SSSR count). The van der Waals surface area contributed by atoms with Crippen molar-refractivity contribution < 1.29 is 55.7 Å². The Bertz CT molecular complexity index is 498. The van der Waals surface area contributed by atoms with Crippen LogP contribution in [0.5, 0.6) is 0 Å². The largest absolute Gasteiger partial charge is 1.00 e. The van der Waals surface area contributed by atoms with Crippen molar-refractivity contribution in [2.45, 2.75) is 35.9 Å². The van der Waals surface area contributed by atoms with Gasteiger partial charge >= 0.3 is 29.6 Å². The van der Waals surface area contributed by atoms with Crippen LogP contribution in [-0.4, -0.2) is 50.9 Å². The van der Waals surface area contributed by atoms with E-state index in [4.69, 9.17) is 4.74 Å². The molecule has 0 amide bonds. The van der Waals surface area contributed by atoms with Crippen molar-refractivity contribution in [1.82, 2.24) is 0 Å². The van der Waals surface area contributed by atoms with Crippen molar-refractivity contribution in [3.8, 4) is 0 Å². The molecular weight excluding hydrogens is 303 g/mol. The fraction of sp³-hybridized carbons (Fsp3) is 0.800. The molecule has 0 spiro atoms. The third-order valence-electron chi connectivity index (χ3n) is 3.00. The third-order valence-corrected chi connectivity index (χ3v) is 5.80. The van der Waals surface area contributed by atoms with E-state index in [1.807, 2.05) is 0 Å². The van der Waals surface area contributed by atoms with Crippen LogP contribution in [0.25, 0.3) is 0 Å². The summed E-state index contributed by atoms with van der Waals surface area (Å²) in [6, 6.07) is 0. The van der Waals surface area contributed by atoms with Gasteiger partial charge < -0.3 is 9.29 Å². The van der Waals surface area contributed by atoms with Gasteiger partial charge in [0, 0.05) is 12.9 Å². The van der Waals surface area contributed by atoms with Crippen molar-refractivity contribution in [2.24, 2.45) is 0 Å². The summed E-state index contributed by atoms with van der Waals surface area (Å²) in [5, 5.41) is -2.34. The molecule has 0 unspecified atom stereocenters. The molecule has 0 bridgehead atoms. The normalized spacial score (nSPS) is 26.2. The molecule has 3 atom stereocenters. The molecule has 1 saturated heterocycles. The Balaban J connectivity index is 0.00000324. The zero-order valence-electron chi connectivity index (χ0n) is 11.1. The number of allylic oxidation sites excluding steroid dienone is 1. The van der Waals surface area contributed by atoms with Gasteiger partial charge in [-0.25, -0.2) is 16.8 Å². The van der Waals surface area contributed by atoms with Gasteiger partial charge in [-0.1, -0.05) is 6.08 Å². The van der Waals surface area contributed by atoms with E-state index >= 15 is 0 Å². The van der Waals surface area contributed by atoms with E-state index < -0.39 is 36.6 Å². The van der Waals surface area contributed by atoms with Gasteiger partial charge in [-0.15, -0.1) is 6.58 Å². The van der Waals surface area contributed by atoms with E-state index in [1.165, 1.54) is 6.08 Å². The van der Waals surface area contributed by atoms with Crippen LogP contribution in [0.4, 0.5) is 0 Å². The first-order valence-corrected chi connectivity index (χ1v) is 8.96. The SMILES string of the molecule is C=CC[C@H]([C@@H]1OCCC[C@@H]1S(=O)(=O)[O-])S(C)(=O)=O.[Na+]. The Morgan fingerprint density at radius 2 is 2.00 bits per heavy atom. The zero-order valence-corrected chi connectivity index (χ0v) is 14.7. The summed E-state index contributed by atoms with van der Waals surface area (Å²) < 4.78 is 62.1. The van der Waals surface area contributed by atoms with Crippen LogP contribution in [-0.2, 0) is 24.7 Å². The molecule has 9 heteroatoms. The minimum atomic E-state index is -4.57. The third kappa shape index (κ3) is 5.45. The van der Waals surface area contributed by atoms with Gasteiger partial charge in [0.05, 0.1) is 16.6 Å². The van der Waals surface area contributed by atoms with E-state index in [9.17, 15) is 21.4 Å². The molecule has 0 saturated carbocycles. The minimum absolute atomic E-state index is 0. The second-order valence-corrected chi connectivity index (χ2v) is 8.26. The Morgan fingerprint density at radius 1 is 1.42 bits per heavy atom. The summed E-state index contributed by atoms with van der Waals surface area (Å²) in [6.07, 6.45) is 1.93. The van der Waals surface area contributed by atoms with Gasteiger partial charge in [0.1, 0.15) is 10.1 Å². The predicted octanol–water partition coefficient (Wildman–Crippen LogP) is -2.93. The average Bonchev–Trinajstić information content (AvgIpc) is 2.23. The first-order valence-electron chi connectivity index (χ1n) is 5.54. The summed E-state index contributed by atoms with van der Waals surface area (Å²) in [6.45, 7) is 3.71. The molecule has 0 radical (unpaired) electrons. The van der Waals surface area contributed by atoms with Gasteiger partial charge in [-0.3, -0.25) is 0 Å². The molecule has 0 aromatic heterocycles. The van der Waals surface area contributed by atoms with E-state index in [0.717, 1.165) is 6.26 Å². The zero-order chi connectivity index (χ0) is 14.0. The first-order chi connectivity index (χ1) is 8.18. The van der Waals surface area contributed by atoms with Crippen LogP contribution < -0.4 is 29.6 Å². The maximum atomic E-state index is 11.7. The van der Waals surface area contributed by atoms with Gasteiger partial charge in [0.15, 0.2) is 9.84 Å². The van der Waals surface area contributed by atoms with Crippen LogP contribution in [0, 0.1) is 0 Å². The maximum Gasteiger partial charge on any atom is 1.00 e. The van der Waals surface area contributed by atoms with E-state index in [2.05, 4.69) is 6.58 Å². The number of hydrogen-bond acceptors (Lipinski definition) is 6. The monoisotopic (exact) mass is 320 g/mol. The topological polar surface area (TPSA) is 101 Å². The molecule has 1 aliphatic heterocycles. The predicted molar refractivity (Wildman–Crippen MR) is 65.9 cm³/mol. The van der Waals surface area contributed by atoms with Crippen LogP contribution >= 0.6 is 0 Å². The van der Waals surface area contributed by atoms with Crippen molar-refractivity contribution in [2.75, 3.05) is 12.9 Å². The van der Waals surface area contributed by atoms with Gasteiger partial charge in [0.25, 0.3) is 0 Å². The van der Waals surface area contributed by atoms with Crippen LogP contribution in [0.1, 0.15) is 19.3 Å². The van der Waals surface area contributed by atoms with E-state index in [-0.39, 0.29) is 49.0 Å². The van der Waals surface area contributed by atoms with Crippen LogP contribution in [0.15, 0.2) is 12.7 Å². The Hall–Kier alpha value is 0.560. The summed E-state index contributed by atoms with van der Waals surface area (Å²) in [4.78, 5) is 0. The summed E-state index contributed by atoms with van der Waals surface area (Å²) in [5.41, 5.74) is 0. The molecule has 106 valence electrons. The summed E-state index contributed by atoms with van der Waals surface area (Å²) in [7, 11) is -8.09. The number of sulfone groups is 1. The van der Waals surface area contributed by atoms with Crippen molar-refractivity contribution in [3.05, 3.63) is 12.7 Å². The molecule has 1 aliphatic rings. The first kappa shape index (κ1) is 19.6. The molecular formula is C10H17NaO6S2. The Labute approximate surface area is 136 Å². The minimum Gasteiger partial charge on any atom is -0.748 e. The Kier molecular flexibility index (Phi) is 7.76. The smallest absolute Gasteiger partial charge is 0.748 e. The maximum absolute atomic E-state index is 11.7. The molecule has 1 heterocycles. The quantitative estimate of drug-likeness (QED) is 0.305. The fourth-order valence-electron chi connectivity index (χ4n) is 2.15. The molecule has 1 fully saturated rings.